The molecule has 0 radical (unpaired) electrons. The van der Waals surface area contributed by atoms with Crippen molar-refractivity contribution >= 4 is 18.6 Å². The first-order chi connectivity index (χ1) is 6.13. The smallest absolute Gasteiger partial charge is 0.322 e. The zero-order chi connectivity index (χ0) is 9.84. The molecule has 0 amide bonds. The molecule has 0 aliphatic carbocycles. The predicted molar refractivity (Wildman–Crippen MR) is 51.6 cm³/mol. The molecule has 1 rings (SSSR count). The monoisotopic (exact) mass is 198 g/mol. The van der Waals surface area contributed by atoms with Crippen LogP contribution in [0.4, 0.5) is 0 Å². The highest BCUT2D eigenvalue weighted by Gasteiger charge is 2.22. The fraction of sp³-hybridized carbons (Fsp3) is 0.250. The first kappa shape index (κ1) is 10.0. The third kappa shape index (κ3) is 2.43. The number of nitrogens with two attached hydrogens (primary N) is 1. The van der Waals surface area contributed by atoms with Crippen molar-refractivity contribution in [2.75, 3.05) is 0 Å². The Labute approximate surface area is 81.2 Å². The molecular weight excluding hydrogens is 188 g/mol. The number of pyridine rings is 1. The van der Waals surface area contributed by atoms with Gasteiger partial charge in [-0.3, -0.25) is 9.78 Å². The molecular formula is C8H10N2O2S. The Bertz CT molecular complexity index is 291. The molecule has 0 aromatic carbocycles. The average molecular weight is 198 g/mol. The van der Waals surface area contributed by atoms with Gasteiger partial charge in [-0.2, -0.15) is 12.6 Å². The van der Waals surface area contributed by atoms with Gasteiger partial charge in [0.25, 0.3) is 0 Å². The second-order valence-corrected chi connectivity index (χ2v) is 3.12. The normalized spacial score (nSPS) is 14.9. The number of rotatable bonds is 3. The highest BCUT2D eigenvalue weighted by atomic mass is 32.1. The number of aromatic nitrogens is 1. The Morgan fingerprint density at radius 2 is 2.31 bits per heavy atom. The molecule has 0 aliphatic rings. The van der Waals surface area contributed by atoms with Gasteiger partial charge in [-0.05, 0) is 12.1 Å². The van der Waals surface area contributed by atoms with Gasteiger partial charge in [-0.15, -0.1) is 0 Å². The van der Waals surface area contributed by atoms with Crippen LogP contribution in [0.1, 0.15) is 10.9 Å². The minimum Gasteiger partial charge on any atom is -0.480 e. The van der Waals surface area contributed by atoms with Crippen LogP contribution in [0.2, 0.25) is 0 Å². The number of nitrogens with zero attached hydrogens (tertiary/aromatic N) is 1. The maximum Gasteiger partial charge on any atom is 0.322 e. The molecule has 2 atom stereocenters. The number of aliphatic carboxylic acids is 1. The third-order valence-corrected chi connectivity index (χ3v) is 2.20. The van der Waals surface area contributed by atoms with Gasteiger partial charge in [0.15, 0.2) is 0 Å². The topological polar surface area (TPSA) is 76.2 Å². The Kier molecular flexibility index (Phi) is 3.27. The van der Waals surface area contributed by atoms with E-state index in [9.17, 15) is 4.79 Å². The van der Waals surface area contributed by atoms with E-state index in [1.54, 1.807) is 24.4 Å². The van der Waals surface area contributed by atoms with Gasteiger partial charge in [0.2, 0.25) is 0 Å². The molecule has 0 aliphatic heterocycles. The maximum absolute atomic E-state index is 10.5. The Morgan fingerprint density at radius 1 is 1.62 bits per heavy atom. The lowest BCUT2D eigenvalue weighted by Gasteiger charge is -2.13. The fourth-order valence-electron chi connectivity index (χ4n) is 0.870. The summed E-state index contributed by atoms with van der Waals surface area (Å²) in [5.41, 5.74) is 5.95. The number of carbonyl (C=O) groups is 1. The molecule has 5 heteroatoms. The highest BCUT2D eigenvalue weighted by Crippen LogP contribution is 2.19. The zero-order valence-electron chi connectivity index (χ0n) is 6.79. The van der Waals surface area contributed by atoms with Crippen LogP contribution in [0, 0.1) is 0 Å². The van der Waals surface area contributed by atoms with E-state index in [0.29, 0.717) is 5.69 Å². The van der Waals surface area contributed by atoms with E-state index < -0.39 is 17.3 Å². The average Bonchev–Trinajstić information content (AvgIpc) is 2.17. The Morgan fingerprint density at radius 3 is 2.77 bits per heavy atom. The molecule has 13 heavy (non-hydrogen) atoms. The van der Waals surface area contributed by atoms with Crippen molar-refractivity contribution in [1.82, 2.24) is 4.98 Å². The Hall–Kier alpha value is -1.07. The van der Waals surface area contributed by atoms with Crippen LogP contribution in [0.25, 0.3) is 0 Å². The van der Waals surface area contributed by atoms with Gasteiger partial charge in [-0.25, -0.2) is 0 Å². The molecule has 1 heterocycles. The molecule has 1 aromatic rings. The SMILES string of the molecule is N[C@H](C(=O)O)[C@H](S)c1ccccn1. The van der Waals surface area contributed by atoms with Crippen LogP contribution >= 0.6 is 12.6 Å². The number of carboxylic acid groups (broad SMARTS) is 1. The van der Waals surface area contributed by atoms with E-state index >= 15 is 0 Å². The molecule has 3 N–H and O–H groups in total. The van der Waals surface area contributed by atoms with E-state index in [0.717, 1.165) is 0 Å². The van der Waals surface area contributed by atoms with Gasteiger partial charge in [-0.1, -0.05) is 6.07 Å². The van der Waals surface area contributed by atoms with Crippen molar-refractivity contribution in [2.45, 2.75) is 11.3 Å². The maximum atomic E-state index is 10.5. The van der Waals surface area contributed by atoms with Gasteiger partial charge < -0.3 is 10.8 Å². The van der Waals surface area contributed by atoms with Crippen LogP contribution in [-0.4, -0.2) is 22.1 Å². The first-order valence-corrected chi connectivity index (χ1v) is 4.22. The zero-order valence-corrected chi connectivity index (χ0v) is 7.69. The lowest BCUT2D eigenvalue weighted by atomic mass is 10.1. The lowest BCUT2D eigenvalue weighted by Crippen LogP contribution is -2.34. The van der Waals surface area contributed by atoms with Crippen molar-refractivity contribution in [3.8, 4) is 0 Å². The molecule has 0 spiro atoms. The molecule has 0 saturated heterocycles. The summed E-state index contributed by atoms with van der Waals surface area (Å²) in [5.74, 6) is -1.08. The standard InChI is InChI=1S/C8H10N2O2S/c9-6(8(11)12)7(13)5-3-1-2-4-10-5/h1-4,6-7,13H,9H2,(H,11,12)/t6-,7+/m0/s1. The quantitative estimate of drug-likeness (QED) is 0.617. The number of hydrogen-bond donors (Lipinski definition) is 3. The van der Waals surface area contributed by atoms with E-state index in [-0.39, 0.29) is 0 Å². The number of hydrogen-bond acceptors (Lipinski definition) is 4. The van der Waals surface area contributed by atoms with E-state index in [4.69, 9.17) is 10.8 Å². The van der Waals surface area contributed by atoms with Crippen molar-refractivity contribution in [3.05, 3.63) is 30.1 Å². The van der Waals surface area contributed by atoms with E-state index in [2.05, 4.69) is 17.6 Å². The number of thiol groups is 1. The van der Waals surface area contributed by atoms with Crippen LogP contribution < -0.4 is 5.73 Å². The summed E-state index contributed by atoms with van der Waals surface area (Å²) in [6.45, 7) is 0. The minimum atomic E-state index is -1.08. The van der Waals surface area contributed by atoms with Crippen molar-refractivity contribution in [3.63, 3.8) is 0 Å². The van der Waals surface area contributed by atoms with Gasteiger partial charge in [0.1, 0.15) is 6.04 Å². The molecule has 1 aromatic heterocycles. The molecule has 0 unspecified atom stereocenters. The fourth-order valence-corrected chi connectivity index (χ4v) is 1.15. The van der Waals surface area contributed by atoms with E-state index in [1.165, 1.54) is 0 Å². The molecule has 70 valence electrons. The molecule has 0 saturated carbocycles. The summed E-state index contributed by atoms with van der Waals surface area (Å²) >= 11 is 4.09. The van der Waals surface area contributed by atoms with Crippen LogP contribution in [0.5, 0.6) is 0 Å². The van der Waals surface area contributed by atoms with Crippen LogP contribution in [0.15, 0.2) is 24.4 Å². The predicted octanol–water partition coefficient (Wildman–Crippen LogP) is 0.464. The summed E-state index contributed by atoms with van der Waals surface area (Å²) in [4.78, 5) is 14.5. The second-order valence-electron chi connectivity index (χ2n) is 2.56. The lowest BCUT2D eigenvalue weighted by molar-refractivity contribution is -0.138. The summed E-state index contributed by atoms with van der Waals surface area (Å²) in [5, 5.41) is 8.04. The summed E-state index contributed by atoms with van der Waals surface area (Å²) in [6.07, 6.45) is 1.58. The summed E-state index contributed by atoms with van der Waals surface area (Å²) in [7, 11) is 0. The highest BCUT2D eigenvalue weighted by molar-refractivity contribution is 7.80. The van der Waals surface area contributed by atoms with Crippen LogP contribution in [-0.2, 0) is 4.79 Å². The summed E-state index contributed by atoms with van der Waals surface area (Å²) < 4.78 is 0. The molecule has 0 bridgehead atoms. The molecule has 0 fully saturated rings. The van der Waals surface area contributed by atoms with Crippen molar-refractivity contribution in [2.24, 2.45) is 5.73 Å². The van der Waals surface area contributed by atoms with Crippen LogP contribution in [0.3, 0.4) is 0 Å². The largest absolute Gasteiger partial charge is 0.480 e. The van der Waals surface area contributed by atoms with Gasteiger partial charge >= 0.3 is 5.97 Å². The minimum absolute atomic E-state index is 0.570. The number of carboxylic acids is 1. The summed E-state index contributed by atoms with van der Waals surface area (Å²) in [6, 6.07) is 4.18. The van der Waals surface area contributed by atoms with Gasteiger partial charge in [0.05, 0.1) is 10.9 Å². The van der Waals surface area contributed by atoms with Gasteiger partial charge in [0, 0.05) is 6.20 Å². The van der Waals surface area contributed by atoms with Crippen molar-refractivity contribution in [1.29, 1.82) is 0 Å². The second kappa shape index (κ2) is 4.25. The third-order valence-electron chi connectivity index (χ3n) is 1.62. The first-order valence-electron chi connectivity index (χ1n) is 3.70. The van der Waals surface area contributed by atoms with Crippen molar-refractivity contribution < 1.29 is 9.90 Å². The Balaban J connectivity index is 2.79. The molecule has 4 nitrogen and oxygen atoms in total. The van der Waals surface area contributed by atoms with E-state index in [1.807, 2.05) is 0 Å².